The van der Waals surface area contributed by atoms with Gasteiger partial charge in [-0.1, -0.05) is 36.4 Å². The molecule has 3 aromatic rings. The number of nitrogens with two attached hydrogens (primary N) is 1. The third-order valence-electron chi connectivity index (χ3n) is 4.27. The first kappa shape index (κ1) is 21.0. The summed E-state index contributed by atoms with van der Waals surface area (Å²) in [6, 6.07) is 13.2. The third kappa shape index (κ3) is 5.44. The number of hydrogen-bond donors (Lipinski definition) is 3. The molecule has 3 rings (SSSR count). The Labute approximate surface area is 174 Å². The Hall–Kier alpha value is -3.68. The lowest BCUT2D eigenvalue weighted by Crippen LogP contribution is -2.40. The molecule has 1 heterocycles. The van der Waals surface area contributed by atoms with E-state index in [1.165, 1.54) is 12.4 Å². The topological polar surface area (TPSA) is 119 Å². The van der Waals surface area contributed by atoms with Gasteiger partial charge in [-0.3, -0.25) is 4.79 Å². The smallest absolute Gasteiger partial charge is 0.407 e. The maximum atomic E-state index is 12.7. The standard InChI is InChI=1S/C22H25N5O3/c1-22(2,3)30-21(29)26-13-17(27-20(28)18-19(23)25-11-10-24-18)16-9-8-14-6-4-5-7-15(14)12-16/h4-12,17H,13H2,1-3H3,(H2,23,25)(H,26,29)(H,27,28). The third-order valence-corrected chi connectivity index (χ3v) is 4.27. The highest BCUT2D eigenvalue weighted by Crippen LogP contribution is 2.21. The molecule has 0 aliphatic carbocycles. The number of benzene rings is 2. The highest BCUT2D eigenvalue weighted by Gasteiger charge is 2.22. The lowest BCUT2D eigenvalue weighted by Gasteiger charge is -2.23. The van der Waals surface area contributed by atoms with Crippen molar-refractivity contribution in [1.29, 1.82) is 0 Å². The van der Waals surface area contributed by atoms with Crippen molar-refractivity contribution in [3.8, 4) is 0 Å². The molecule has 1 unspecified atom stereocenters. The van der Waals surface area contributed by atoms with E-state index in [1.807, 2.05) is 42.5 Å². The fourth-order valence-corrected chi connectivity index (χ4v) is 2.93. The number of carbonyl (C=O) groups excluding carboxylic acids is 2. The van der Waals surface area contributed by atoms with Gasteiger partial charge in [0.25, 0.3) is 5.91 Å². The highest BCUT2D eigenvalue weighted by molar-refractivity contribution is 5.96. The number of nitrogens with zero attached hydrogens (tertiary/aromatic N) is 2. The largest absolute Gasteiger partial charge is 0.444 e. The molecule has 156 valence electrons. The Balaban J connectivity index is 1.84. The minimum Gasteiger partial charge on any atom is -0.444 e. The summed E-state index contributed by atoms with van der Waals surface area (Å²) in [5, 5.41) is 7.69. The number of carbonyl (C=O) groups is 2. The van der Waals surface area contributed by atoms with E-state index >= 15 is 0 Å². The van der Waals surface area contributed by atoms with Gasteiger partial charge in [0.15, 0.2) is 11.5 Å². The normalized spacial score (nSPS) is 12.2. The fourth-order valence-electron chi connectivity index (χ4n) is 2.93. The van der Waals surface area contributed by atoms with Crippen molar-refractivity contribution in [3.63, 3.8) is 0 Å². The van der Waals surface area contributed by atoms with Crippen molar-refractivity contribution in [2.75, 3.05) is 12.3 Å². The van der Waals surface area contributed by atoms with Crippen LogP contribution in [0.1, 0.15) is 42.9 Å². The second-order valence-electron chi connectivity index (χ2n) is 7.81. The van der Waals surface area contributed by atoms with E-state index in [2.05, 4.69) is 20.6 Å². The molecule has 1 aromatic heterocycles. The monoisotopic (exact) mass is 407 g/mol. The summed E-state index contributed by atoms with van der Waals surface area (Å²) >= 11 is 0. The van der Waals surface area contributed by atoms with Crippen LogP contribution < -0.4 is 16.4 Å². The van der Waals surface area contributed by atoms with E-state index in [0.717, 1.165) is 16.3 Å². The van der Waals surface area contributed by atoms with Crippen molar-refractivity contribution in [3.05, 3.63) is 66.1 Å². The van der Waals surface area contributed by atoms with Gasteiger partial charge in [-0.05, 0) is 43.2 Å². The molecule has 0 fully saturated rings. The summed E-state index contributed by atoms with van der Waals surface area (Å²) in [6.07, 6.45) is 2.24. The van der Waals surface area contributed by atoms with Crippen LogP contribution >= 0.6 is 0 Å². The van der Waals surface area contributed by atoms with E-state index in [9.17, 15) is 9.59 Å². The zero-order valence-corrected chi connectivity index (χ0v) is 17.2. The molecule has 0 bridgehead atoms. The predicted molar refractivity (Wildman–Crippen MR) is 115 cm³/mol. The molecule has 0 saturated heterocycles. The zero-order valence-electron chi connectivity index (χ0n) is 17.2. The van der Waals surface area contributed by atoms with Crippen LogP contribution in [0.2, 0.25) is 0 Å². The van der Waals surface area contributed by atoms with Crippen LogP contribution in [-0.2, 0) is 4.74 Å². The van der Waals surface area contributed by atoms with Gasteiger partial charge >= 0.3 is 6.09 Å². The number of anilines is 1. The molecule has 8 heteroatoms. The fraction of sp³-hybridized carbons (Fsp3) is 0.273. The number of alkyl carbamates (subject to hydrolysis) is 1. The lowest BCUT2D eigenvalue weighted by molar-refractivity contribution is 0.0520. The van der Waals surface area contributed by atoms with Crippen LogP contribution in [0.25, 0.3) is 10.8 Å². The van der Waals surface area contributed by atoms with Gasteiger partial charge in [0.05, 0.1) is 6.04 Å². The van der Waals surface area contributed by atoms with Crippen LogP contribution in [0.4, 0.5) is 10.6 Å². The molecule has 8 nitrogen and oxygen atoms in total. The molecule has 30 heavy (non-hydrogen) atoms. The number of aromatic nitrogens is 2. The number of rotatable bonds is 5. The van der Waals surface area contributed by atoms with Crippen molar-refractivity contribution < 1.29 is 14.3 Å². The first-order valence-corrected chi connectivity index (χ1v) is 9.56. The molecule has 0 aliphatic rings. The minimum atomic E-state index is -0.625. The van der Waals surface area contributed by atoms with Gasteiger partial charge in [0, 0.05) is 18.9 Å². The van der Waals surface area contributed by atoms with Gasteiger partial charge in [0.1, 0.15) is 5.60 Å². The van der Waals surface area contributed by atoms with Gasteiger partial charge in [0.2, 0.25) is 0 Å². The number of nitrogens with one attached hydrogen (secondary N) is 2. The van der Waals surface area contributed by atoms with E-state index < -0.39 is 23.6 Å². The molecule has 0 aliphatic heterocycles. The summed E-state index contributed by atoms with van der Waals surface area (Å²) in [4.78, 5) is 32.8. The first-order chi connectivity index (χ1) is 14.2. The van der Waals surface area contributed by atoms with E-state index in [0.29, 0.717) is 0 Å². The second kappa shape index (κ2) is 8.77. The molecular formula is C22H25N5O3. The summed E-state index contributed by atoms with van der Waals surface area (Å²) in [5.41, 5.74) is 6.00. The lowest BCUT2D eigenvalue weighted by atomic mass is 10.0. The molecule has 2 amide bonds. The van der Waals surface area contributed by atoms with Crippen LogP contribution in [0, 0.1) is 0 Å². The molecule has 1 atom stereocenters. The first-order valence-electron chi connectivity index (χ1n) is 9.56. The minimum absolute atomic E-state index is 0.0283. The van der Waals surface area contributed by atoms with E-state index in [1.54, 1.807) is 20.8 Å². The van der Waals surface area contributed by atoms with Crippen molar-refractivity contribution >= 4 is 28.6 Å². The zero-order chi connectivity index (χ0) is 21.7. The van der Waals surface area contributed by atoms with Crippen LogP contribution in [0.15, 0.2) is 54.9 Å². The summed E-state index contributed by atoms with van der Waals surface area (Å²) in [6.45, 7) is 5.48. The average Bonchev–Trinajstić information content (AvgIpc) is 2.69. The molecule has 0 saturated carbocycles. The Kier molecular flexibility index (Phi) is 6.15. The number of amides is 2. The van der Waals surface area contributed by atoms with Gasteiger partial charge in [-0.2, -0.15) is 0 Å². The highest BCUT2D eigenvalue weighted by atomic mass is 16.6. The number of ether oxygens (including phenoxy) is 1. The van der Waals surface area contributed by atoms with Gasteiger partial charge < -0.3 is 21.1 Å². The number of nitrogen functional groups attached to an aromatic ring is 1. The summed E-state index contributed by atoms with van der Waals surface area (Å²) in [5.74, 6) is -0.447. The Morgan fingerprint density at radius 3 is 2.47 bits per heavy atom. The predicted octanol–water partition coefficient (Wildman–Crippen LogP) is 3.21. The Morgan fingerprint density at radius 1 is 1.07 bits per heavy atom. The second-order valence-corrected chi connectivity index (χ2v) is 7.81. The van der Waals surface area contributed by atoms with Crippen molar-refractivity contribution in [2.45, 2.75) is 32.4 Å². The summed E-state index contributed by atoms with van der Waals surface area (Å²) < 4.78 is 5.30. The molecular weight excluding hydrogens is 382 g/mol. The van der Waals surface area contributed by atoms with Crippen molar-refractivity contribution in [2.24, 2.45) is 0 Å². The molecule has 0 radical (unpaired) electrons. The van der Waals surface area contributed by atoms with Crippen LogP contribution in [-0.4, -0.2) is 34.1 Å². The molecule has 0 spiro atoms. The number of fused-ring (bicyclic) bond motifs is 1. The van der Waals surface area contributed by atoms with Crippen molar-refractivity contribution in [1.82, 2.24) is 20.6 Å². The Bertz CT molecular complexity index is 1060. The molecule has 2 aromatic carbocycles. The SMILES string of the molecule is CC(C)(C)OC(=O)NCC(NC(=O)c1nccnc1N)c1ccc2ccccc2c1. The van der Waals surface area contributed by atoms with Crippen LogP contribution in [0.3, 0.4) is 0 Å². The maximum absolute atomic E-state index is 12.7. The maximum Gasteiger partial charge on any atom is 0.407 e. The Morgan fingerprint density at radius 2 is 1.77 bits per heavy atom. The summed E-state index contributed by atoms with van der Waals surface area (Å²) in [7, 11) is 0. The quantitative estimate of drug-likeness (QED) is 0.597. The van der Waals surface area contributed by atoms with Crippen LogP contribution in [0.5, 0.6) is 0 Å². The number of hydrogen-bond acceptors (Lipinski definition) is 6. The average molecular weight is 407 g/mol. The van der Waals surface area contributed by atoms with E-state index in [4.69, 9.17) is 10.5 Å². The molecule has 4 N–H and O–H groups in total. The van der Waals surface area contributed by atoms with Gasteiger partial charge in [-0.15, -0.1) is 0 Å². The van der Waals surface area contributed by atoms with E-state index in [-0.39, 0.29) is 18.1 Å². The van der Waals surface area contributed by atoms with Gasteiger partial charge in [-0.25, -0.2) is 14.8 Å².